The smallest absolute Gasteiger partial charge is 0.323 e. The number of likely N-dealkylation sites (tertiary alicyclic amines) is 1. The first-order valence-electron chi connectivity index (χ1n) is 6.62. The summed E-state index contributed by atoms with van der Waals surface area (Å²) in [5.41, 5.74) is 1.22. The number of methoxy groups -OCH3 is 1. The van der Waals surface area contributed by atoms with Gasteiger partial charge >= 0.3 is 5.97 Å². The van der Waals surface area contributed by atoms with Crippen LogP contribution in [-0.2, 0) is 16.1 Å². The van der Waals surface area contributed by atoms with Crippen molar-refractivity contribution in [1.29, 1.82) is 0 Å². The molecule has 1 aromatic heterocycles. The average Bonchev–Trinajstić information content (AvgIpc) is 2.95. The number of nitrogens with zero attached hydrogens (tertiary/aromatic N) is 3. The van der Waals surface area contributed by atoms with E-state index in [2.05, 4.69) is 14.5 Å². The van der Waals surface area contributed by atoms with E-state index in [9.17, 15) is 4.79 Å². The Labute approximate surface area is 107 Å². The Kier molecular flexibility index (Phi) is 3.07. The van der Waals surface area contributed by atoms with Gasteiger partial charge in [-0.15, -0.1) is 0 Å². The molecule has 5 nitrogen and oxygen atoms in total. The number of aromatic nitrogens is 2. The summed E-state index contributed by atoms with van der Waals surface area (Å²) in [6.45, 7) is 1.77. The van der Waals surface area contributed by atoms with Gasteiger partial charge in [-0.25, -0.2) is 4.98 Å². The van der Waals surface area contributed by atoms with Crippen LogP contribution in [0.1, 0.15) is 37.4 Å². The number of esters is 1. The molecule has 1 atom stereocenters. The minimum atomic E-state index is -0.106. The van der Waals surface area contributed by atoms with E-state index >= 15 is 0 Å². The van der Waals surface area contributed by atoms with Gasteiger partial charge in [-0.05, 0) is 32.2 Å². The Morgan fingerprint density at radius 2 is 2.33 bits per heavy atom. The molecule has 0 radical (unpaired) electrons. The highest BCUT2D eigenvalue weighted by Gasteiger charge is 2.33. The minimum absolute atomic E-state index is 0.0717. The summed E-state index contributed by atoms with van der Waals surface area (Å²) < 4.78 is 7.13. The number of ether oxygens (including phenoxy) is 1. The van der Waals surface area contributed by atoms with Crippen molar-refractivity contribution in [1.82, 2.24) is 14.5 Å². The zero-order valence-corrected chi connectivity index (χ0v) is 10.7. The number of carbonyl (C=O) groups excluding carboxylic acids is 1. The minimum Gasteiger partial charge on any atom is -0.468 e. The van der Waals surface area contributed by atoms with Gasteiger partial charge in [-0.2, -0.15) is 0 Å². The van der Waals surface area contributed by atoms with Gasteiger partial charge in [0.1, 0.15) is 6.04 Å². The summed E-state index contributed by atoms with van der Waals surface area (Å²) in [6.07, 6.45) is 8.32. The predicted octanol–water partition coefficient (Wildman–Crippen LogP) is 1.36. The maximum atomic E-state index is 11.7. The Hall–Kier alpha value is -1.36. The second-order valence-corrected chi connectivity index (χ2v) is 5.18. The maximum absolute atomic E-state index is 11.7. The van der Waals surface area contributed by atoms with Crippen LogP contribution < -0.4 is 0 Å². The Morgan fingerprint density at radius 1 is 1.50 bits per heavy atom. The molecule has 0 spiro atoms. The average molecular weight is 249 g/mol. The first-order valence-corrected chi connectivity index (χ1v) is 6.62. The normalized spacial score (nSPS) is 24.4. The molecular formula is C13H19N3O2. The van der Waals surface area contributed by atoms with E-state index in [0.717, 1.165) is 25.9 Å². The largest absolute Gasteiger partial charge is 0.468 e. The summed E-state index contributed by atoms with van der Waals surface area (Å²) in [7, 11) is 1.47. The molecule has 1 aliphatic carbocycles. The molecule has 2 fully saturated rings. The van der Waals surface area contributed by atoms with Crippen LogP contribution in [0, 0.1) is 0 Å². The SMILES string of the molecule is COC(=O)C1CCCN1Cc1cncn1C1CC1. The van der Waals surface area contributed by atoms with E-state index in [1.165, 1.54) is 25.6 Å². The van der Waals surface area contributed by atoms with Crippen LogP contribution in [0.15, 0.2) is 12.5 Å². The lowest BCUT2D eigenvalue weighted by molar-refractivity contribution is -0.146. The molecule has 1 unspecified atom stereocenters. The Balaban J connectivity index is 1.71. The molecule has 1 aliphatic heterocycles. The molecule has 3 rings (SSSR count). The van der Waals surface area contributed by atoms with Gasteiger partial charge < -0.3 is 9.30 Å². The highest BCUT2D eigenvalue weighted by Crippen LogP contribution is 2.36. The van der Waals surface area contributed by atoms with Crippen LogP contribution in [0.3, 0.4) is 0 Å². The van der Waals surface area contributed by atoms with E-state index in [4.69, 9.17) is 4.74 Å². The highest BCUT2D eigenvalue weighted by atomic mass is 16.5. The van der Waals surface area contributed by atoms with Crippen LogP contribution in [0.25, 0.3) is 0 Å². The van der Waals surface area contributed by atoms with Crippen LogP contribution in [0.4, 0.5) is 0 Å². The molecule has 2 heterocycles. The second-order valence-electron chi connectivity index (χ2n) is 5.18. The monoisotopic (exact) mass is 249 g/mol. The predicted molar refractivity (Wildman–Crippen MR) is 65.9 cm³/mol. The van der Waals surface area contributed by atoms with Crippen LogP contribution in [-0.4, -0.2) is 40.1 Å². The Morgan fingerprint density at radius 3 is 3.06 bits per heavy atom. The number of hydrogen-bond donors (Lipinski definition) is 0. The number of hydrogen-bond acceptors (Lipinski definition) is 4. The van der Waals surface area contributed by atoms with Crippen LogP contribution in [0.5, 0.6) is 0 Å². The zero-order valence-electron chi connectivity index (χ0n) is 10.7. The van der Waals surface area contributed by atoms with Crippen molar-refractivity contribution < 1.29 is 9.53 Å². The molecule has 98 valence electrons. The van der Waals surface area contributed by atoms with E-state index in [0.29, 0.717) is 6.04 Å². The van der Waals surface area contributed by atoms with Crippen LogP contribution >= 0.6 is 0 Å². The van der Waals surface area contributed by atoms with E-state index < -0.39 is 0 Å². The summed E-state index contributed by atoms with van der Waals surface area (Å²) in [5.74, 6) is -0.106. The van der Waals surface area contributed by atoms with E-state index in [-0.39, 0.29) is 12.0 Å². The topological polar surface area (TPSA) is 47.4 Å². The maximum Gasteiger partial charge on any atom is 0.323 e. The quantitative estimate of drug-likeness (QED) is 0.756. The number of imidazole rings is 1. The highest BCUT2D eigenvalue weighted by molar-refractivity contribution is 5.75. The molecule has 0 aromatic carbocycles. The fourth-order valence-electron chi connectivity index (χ4n) is 2.76. The molecule has 5 heteroatoms. The second kappa shape index (κ2) is 4.72. The molecule has 18 heavy (non-hydrogen) atoms. The lowest BCUT2D eigenvalue weighted by Crippen LogP contribution is -2.36. The summed E-state index contributed by atoms with van der Waals surface area (Å²) in [4.78, 5) is 18.1. The van der Waals surface area contributed by atoms with Gasteiger partial charge in [-0.1, -0.05) is 0 Å². The van der Waals surface area contributed by atoms with Crippen molar-refractivity contribution in [2.75, 3.05) is 13.7 Å². The molecule has 2 aliphatic rings. The third-order valence-electron chi connectivity index (χ3n) is 3.89. The van der Waals surface area contributed by atoms with Gasteiger partial charge in [0.05, 0.1) is 19.1 Å². The molecule has 1 saturated heterocycles. The molecule has 1 aromatic rings. The van der Waals surface area contributed by atoms with Crippen molar-refractivity contribution >= 4 is 5.97 Å². The van der Waals surface area contributed by atoms with Crippen molar-refractivity contribution in [2.45, 2.75) is 44.3 Å². The van der Waals surface area contributed by atoms with Gasteiger partial charge in [-0.3, -0.25) is 9.69 Å². The lowest BCUT2D eigenvalue weighted by Gasteiger charge is -2.22. The first-order chi connectivity index (χ1) is 8.79. The fraction of sp³-hybridized carbons (Fsp3) is 0.692. The van der Waals surface area contributed by atoms with Gasteiger partial charge in [0.15, 0.2) is 0 Å². The van der Waals surface area contributed by atoms with Crippen molar-refractivity contribution in [2.24, 2.45) is 0 Å². The molecule has 0 N–H and O–H groups in total. The number of rotatable bonds is 4. The molecule has 0 amide bonds. The lowest BCUT2D eigenvalue weighted by atomic mass is 10.2. The number of carbonyl (C=O) groups is 1. The summed E-state index contributed by atoms with van der Waals surface area (Å²) >= 11 is 0. The zero-order chi connectivity index (χ0) is 12.5. The van der Waals surface area contributed by atoms with Gasteiger partial charge in [0.2, 0.25) is 0 Å². The van der Waals surface area contributed by atoms with Gasteiger partial charge in [0, 0.05) is 18.8 Å². The van der Waals surface area contributed by atoms with Crippen molar-refractivity contribution in [3.63, 3.8) is 0 Å². The van der Waals surface area contributed by atoms with E-state index in [1.807, 2.05) is 12.5 Å². The van der Waals surface area contributed by atoms with Crippen LogP contribution in [0.2, 0.25) is 0 Å². The summed E-state index contributed by atoms with van der Waals surface area (Å²) in [5, 5.41) is 0. The third-order valence-corrected chi connectivity index (χ3v) is 3.89. The standard InChI is InChI=1S/C13H19N3O2/c1-18-13(17)12-3-2-6-15(12)8-11-7-14-9-16(11)10-4-5-10/h7,9-10,12H,2-6,8H2,1H3. The molecule has 1 saturated carbocycles. The van der Waals surface area contributed by atoms with Gasteiger partial charge in [0.25, 0.3) is 0 Å². The van der Waals surface area contributed by atoms with Crippen molar-refractivity contribution in [3.8, 4) is 0 Å². The first kappa shape index (κ1) is 11.7. The fourth-order valence-corrected chi connectivity index (χ4v) is 2.76. The van der Waals surface area contributed by atoms with Crippen molar-refractivity contribution in [3.05, 3.63) is 18.2 Å². The molecular weight excluding hydrogens is 230 g/mol. The van der Waals surface area contributed by atoms with E-state index in [1.54, 1.807) is 0 Å². The summed E-state index contributed by atoms with van der Waals surface area (Å²) in [6, 6.07) is 0.569. The Bertz CT molecular complexity index is 439. The third kappa shape index (κ3) is 2.14. The molecule has 0 bridgehead atoms.